The van der Waals surface area contributed by atoms with Gasteiger partial charge >= 0.3 is 0 Å². The minimum Gasteiger partial charge on any atom is -0.507 e. The molecule has 3 heteroatoms. The number of aromatic hydroxyl groups is 1. The van der Waals surface area contributed by atoms with Gasteiger partial charge in [-0.3, -0.25) is 5.10 Å². The van der Waals surface area contributed by atoms with Crippen LogP contribution in [0.4, 0.5) is 0 Å². The summed E-state index contributed by atoms with van der Waals surface area (Å²) in [5.41, 5.74) is 4.94. The first-order chi connectivity index (χ1) is 10.5. The van der Waals surface area contributed by atoms with Crippen LogP contribution in [0.3, 0.4) is 0 Å². The second-order valence-corrected chi connectivity index (χ2v) is 8.26. The zero-order valence-corrected chi connectivity index (χ0v) is 15.3. The molecule has 0 aliphatic heterocycles. The molecule has 0 unspecified atom stereocenters. The molecule has 0 saturated heterocycles. The predicted octanol–water partition coefficient (Wildman–Crippen LogP) is 5.19. The topological polar surface area (TPSA) is 48.9 Å². The van der Waals surface area contributed by atoms with Gasteiger partial charge in [0.1, 0.15) is 5.75 Å². The van der Waals surface area contributed by atoms with Gasteiger partial charge in [-0.25, -0.2) is 0 Å². The molecule has 0 radical (unpaired) electrons. The van der Waals surface area contributed by atoms with E-state index in [1.165, 1.54) is 0 Å². The van der Waals surface area contributed by atoms with Crippen LogP contribution in [0.15, 0.2) is 18.3 Å². The Morgan fingerprint density at radius 3 is 1.87 bits per heavy atom. The first-order valence-electron chi connectivity index (χ1n) is 8.06. The van der Waals surface area contributed by atoms with Gasteiger partial charge in [0.05, 0.1) is 11.9 Å². The van der Waals surface area contributed by atoms with Crippen molar-refractivity contribution in [1.82, 2.24) is 10.2 Å². The fourth-order valence-corrected chi connectivity index (χ4v) is 2.60. The number of H-pyrrole nitrogens is 1. The maximum atomic E-state index is 10.7. The van der Waals surface area contributed by atoms with Crippen molar-refractivity contribution < 1.29 is 5.11 Å². The number of aryl methyl sites for hydroxylation is 1. The van der Waals surface area contributed by atoms with Crippen molar-refractivity contribution in [3.05, 3.63) is 46.3 Å². The van der Waals surface area contributed by atoms with Crippen molar-refractivity contribution in [1.29, 1.82) is 0 Å². The Morgan fingerprint density at radius 1 is 0.957 bits per heavy atom. The third-order valence-corrected chi connectivity index (χ3v) is 4.06. The first-order valence-corrected chi connectivity index (χ1v) is 8.06. The van der Waals surface area contributed by atoms with Crippen molar-refractivity contribution in [2.45, 2.75) is 59.3 Å². The standard InChI is InChI=1S/C20H28N2O/c1-13-12-21-22-17(13)9-8-14-10-15(19(2,3)4)18(23)16(11-14)20(5,6)7/h8-12,23H,1-7H3,(H,21,22). The van der Waals surface area contributed by atoms with Gasteiger partial charge in [-0.15, -0.1) is 0 Å². The zero-order valence-electron chi connectivity index (χ0n) is 15.3. The number of benzene rings is 1. The number of nitrogens with zero attached hydrogens (tertiary/aromatic N) is 1. The van der Waals surface area contributed by atoms with E-state index in [4.69, 9.17) is 0 Å². The number of hydrogen-bond acceptors (Lipinski definition) is 2. The van der Waals surface area contributed by atoms with Gasteiger partial charge in [-0.2, -0.15) is 5.10 Å². The predicted molar refractivity (Wildman–Crippen MR) is 97.8 cm³/mol. The lowest BCUT2D eigenvalue weighted by Gasteiger charge is -2.27. The highest BCUT2D eigenvalue weighted by atomic mass is 16.3. The summed E-state index contributed by atoms with van der Waals surface area (Å²) in [4.78, 5) is 0. The number of aromatic nitrogens is 2. The molecule has 1 heterocycles. The summed E-state index contributed by atoms with van der Waals surface area (Å²) in [6.07, 6.45) is 5.93. The molecular formula is C20H28N2O. The average molecular weight is 312 g/mol. The highest BCUT2D eigenvalue weighted by Crippen LogP contribution is 2.40. The van der Waals surface area contributed by atoms with E-state index in [2.05, 4.69) is 69.9 Å². The molecule has 0 saturated carbocycles. The van der Waals surface area contributed by atoms with Crippen LogP contribution in [0.1, 0.15) is 69.5 Å². The summed E-state index contributed by atoms with van der Waals surface area (Å²) in [7, 11) is 0. The molecule has 1 aromatic heterocycles. The van der Waals surface area contributed by atoms with E-state index in [0.717, 1.165) is 27.9 Å². The van der Waals surface area contributed by atoms with Crippen LogP contribution < -0.4 is 0 Å². The Morgan fingerprint density at radius 2 is 1.48 bits per heavy atom. The summed E-state index contributed by atoms with van der Waals surface area (Å²) in [6, 6.07) is 4.15. The molecule has 2 aromatic rings. The molecule has 0 aliphatic rings. The van der Waals surface area contributed by atoms with Crippen LogP contribution in [0.2, 0.25) is 0 Å². The molecule has 124 valence electrons. The molecule has 23 heavy (non-hydrogen) atoms. The fraction of sp³-hybridized carbons (Fsp3) is 0.450. The van der Waals surface area contributed by atoms with E-state index in [0.29, 0.717) is 5.75 Å². The van der Waals surface area contributed by atoms with Crippen molar-refractivity contribution in [2.75, 3.05) is 0 Å². The lowest BCUT2D eigenvalue weighted by molar-refractivity contribution is 0.423. The first kappa shape index (κ1) is 17.3. The Hall–Kier alpha value is -2.03. The lowest BCUT2D eigenvalue weighted by atomic mass is 9.78. The number of rotatable bonds is 2. The number of aromatic amines is 1. The summed E-state index contributed by atoms with van der Waals surface area (Å²) in [6.45, 7) is 14.8. The van der Waals surface area contributed by atoms with Gasteiger partial charge in [-0.05, 0) is 47.1 Å². The van der Waals surface area contributed by atoms with E-state index < -0.39 is 0 Å². The van der Waals surface area contributed by atoms with Gasteiger partial charge in [0.2, 0.25) is 0 Å². The minimum atomic E-state index is -0.113. The Bertz CT molecular complexity index is 690. The molecule has 0 spiro atoms. The molecule has 3 nitrogen and oxygen atoms in total. The molecule has 0 amide bonds. The van der Waals surface area contributed by atoms with E-state index in [1.807, 2.05) is 19.2 Å². The molecule has 0 bridgehead atoms. The van der Waals surface area contributed by atoms with Crippen LogP contribution in [-0.2, 0) is 10.8 Å². The Labute approximate surface area is 139 Å². The number of nitrogens with one attached hydrogen (secondary N) is 1. The largest absolute Gasteiger partial charge is 0.507 e. The highest BCUT2D eigenvalue weighted by Gasteiger charge is 2.26. The lowest BCUT2D eigenvalue weighted by Crippen LogP contribution is -2.17. The zero-order chi connectivity index (χ0) is 17.4. The van der Waals surface area contributed by atoms with Crippen molar-refractivity contribution >= 4 is 12.2 Å². The smallest absolute Gasteiger partial charge is 0.123 e. The summed E-state index contributed by atoms with van der Waals surface area (Å²) < 4.78 is 0. The van der Waals surface area contributed by atoms with Crippen molar-refractivity contribution in [3.63, 3.8) is 0 Å². The molecule has 2 N–H and O–H groups in total. The third-order valence-electron chi connectivity index (χ3n) is 4.06. The second kappa shape index (κ2) is 5.88. The van der Waals surface area contributed by atoms with E-state index in [1.54, 1.807) is 0 Å². The summed E-state index contributed by atoms with van der Waals surface area (Å²) in [5.74, 6) is 0.417. The van der Waals surface area contributed by atoms with Gasteiger partial charge in [0.15, 0.2) is 0 Å². The number of hydrogen-bond donors (Lipinski definition) is 2. The third kappa shape index (κ3) is 3.84. The van der Waals surface area contributed by atoms with Gasteiger partial charge in [-0.1, -0.05) is 47.6 Å². The van der Waals surface area contributed by atoms with Crippen LogP contribution >= 0.6 is 0 Å². The fourth-order valence-electron chi connectivity index (χ4n) is 2.60. The van der Waals surface area contributed by atoms with Crippen LogP contribution in [0.5, 0.6) is 5.75 Å². The monoisotopic (exact) mass is 312 g/mol. The number of phenols is 1. The molecule has 0 aliphatic carbocycles. The molecule has 2 rings (SSSR count). The van der Waals surface area contributed by atoms with Gasteiger partial charge in [0.25, 0.3) is 0 Å². The molecule has 0 atom stereocenters. The summed E-state index contributed by atoms with van der Waals surface area (Å²) >= 11 is 0. The van der Waals surface area contributed by atoms with Crippen molar-refractivity contribution in [2.24, 2.45) is 0 Å². The quantitative estimate of drug-likeness (QED) is 0.801. The maximum Gasteiger partial charge on any atom is 0.123 e. The van der Waals surface area contributed by atoms with Crippen LogP contribution in [0.25, 0.3) is 12.2 Å². The highest BCUT2D eigenvalue weighted by molar-refractivity contribution is 5.71. The second-order valence-electron chi connectivity index (χ2n) is 8.26. The Kier molecular flexibility index (Phi) is 4.43. The molecular weight excluding hydrogens is 284 g/mol. The van der Waals surface area contributed by atoms with E-state index in [9.17, 15) is 5.11 Å². The van der Waals surface area contributed by atoms with Gasteiger partial charge < -0.3 is 5.11 Å². The van der Waals surface area contributed by atoms with Crippen LogP contribution in [-0.4, -0.2) is 15.3 Å². The van der Waals surface area contributed by atoms with E-state index >= 15 is 0 Å². The summed E-state index contributed by atoms with van der Waals surface area (Å²) in [5, 5.41) is 17.8. The molecule has 0 fully saturated rings. The van der Waals surface area contributed by atoms with Crippen LogP contribution in [0, 0.1) is 6.92 Å². The molecule has 1 aromatic carbocycles. The minimum absolute atomic E-state index is 0.113. The normalized spacial score (nSPS) is 13.0. The SMILES string of the molecule is Cc1cn[nH]c1C=Cc1cc(C(C)(C)C)c(O)c(C(C)(C)C)c1. The van der Waals surface area contributed by atoms with Gasteiger partial charge in [0, 0.05) is 11.1 Å². The number of phenolic OH excluding ortho intramolecular Hbond substituents is 1. The Balaban J connectivity index is 2.56. The van der Waals surface area contributed by atoms with E-state index in [-0.39, 0.29) is 10.8 Å². The van der Waals surface area contributed by atoms with Crippen molar-refractivity contribution in [3.8, 4) is 5.75 Å². The maximum absolute atomic E-state index is 10.7. The average Bonchev–Trinajstić information content (AvgIpc) is 2.80.